The first-order valence-electron chi connectivity index (χ1n) is 10.9. The van der Waals surface area contributed by atoms with Gasteiger partial charge in [-0.15, -0.1) is 0 Å². The molecular weight excluding hydrogens is 446 g/mol. The highest BCUT2D eigenvalue weighted by Gasteiger charge is 2.27. The normalized spacial score (nSPS) is 19.2. The summed E-state index contributed by atoms with van der Waals surface area (Å²) >= 11 is 0. The number of hydrogen-bond donors (Lipinski definition) is 2. The highest BCUT2D eigenvalue weighted by atomic mass is 32.2. The molecule has 0 spiro atoms. The number of benzene rings is 2. The van der Waals surface area contributed by atoms with Gasteiger partial charge in [-0.2, -0.15) is 4.31 Å². The summed E-state index contributed by atoms with van der Waals surface area (Å²) in [5.74, 6) is -0.644. The van der Waals surface area contributed by atoms with Crippen LogP contribution in [-0.4, -0.2) is 63.6 Å². The van der Waals surface area contributed by atoms with Gasteiger partial charge >= 0.3 is 0 Å². The van der Waals surface area contributed by atoms with Crippen LogP contribution in [0.4, 0.5) is 11.4 Å². The van der Waals surface area contributed by atoms with Crippen LogP contribution in [0.5, 0.6) is 0 Å². The molecule has 2 aliphatic rings. The second kappa shape index (κ2) is 10.0. The van der Waals surface area contributed by atoms with E-state index in [4.69, 9.17) is 9.47 Å². The maximum Gasteiger partial charge on any atom is 0.255 e. The smallest absolute Gasteiger partial charge is 0.255 e. The first-order valence-corrected chi connectivity index (χ1v) is 12.3. The van der Waals surface area contributed by atoms with Crippen molar-refractivity contribution in [3.8, 4) is 0 Å². The SMILES string of the molecule is Cc1ccc(S(=O)(=O)N2CCOCC2)cc1NC(=O)c1cccc(NC(=O)[C@H]2CCCO2)c1. The lowest BCUT2D eigenvalue weighted by molar-refractivity contribution is -0.124. The number of ether oxygens (including phenoxy) is 2. The van der Waals surface area contributed by atoms with Gasteiger partial charge in [0, 0.05) is 36.6 Å². The fraction of sp³-hybridized carbons (Fsp3) is 0.391. The Hall–Kier alpha value is -2.79. The zero-order valence-electron chi connectivity index (χ0n) is 18.4. The summed E-state index contributed by atoms with van der Waals surface area (Å²) in [6.45, 7) is 3.66. The van der Waals surface area contributed by atoms with Crippen LogP contribution in [-0.2, 0) is 24.3 Å². The van der Waals surface area contributed by atoms with Gasteiger partial charge in [0.25, 0.3) is 11.8 Å². The summed E-state index contributed by atoms with van der Waals surface area (Å²) in [4.78, 5) is 25.3. The van der Waals surface area contributed by atoms with E-state index < -0.39 is 22.0 Å². The van der Waals surface area contributed by atoms with Crippen LogP contribution in [0, 0.1) is 6.92 Å². The number of sulfonamides is 1. The number of aryl methyl sites for hydroxylation is 1. The third-order valence-corrected chi connectivity index (χ3v) is 7.57. The quantitative estimate of drug-likeness (QED) is 0.666. The Morgan fingerprint density at radius 3 is 2.55 bits per heavy atom. The molecule has 2 N–H and O–H groups in total. The van der Waals surface area contributed by atoms with Crippen LogP contribution in [0.2, 0.25) is 0 Å². The molecule has 176 valence electrons. The first-order chi connectivity index (χ1) is 15.8. The molecule has 0 aromatic heterocycles. The summed E-state index contributed by atoms with van der Waals surface area (Å²) in [6, 6.07) is 11.3. The molecular formula is C23H27N3O6S. The molecule has 2 aliphatic heterocycles. The molecule has 2 aromatic rings. The topological polar surface area (TPSA) is 114 Å². The molecule has 4 rings (SSSR count). The van der Waals surface area contributed by atoms with Crippen LogP contribution < -0.4 is 10.6 Å². The largest absolute Gasteiger partial charge is 0.379 e. The molecule has 2 fully saturated rings. The number of rotatable bonds is 6. The summed E-state index contributed by atoms with van der Waals surface area (Å²) in [7, 11) is -3.69. The number of nitrogens with zero attached hydrogens (tertiary/aromatic N) is 1. The van der Waals surface area contributed by atoms with Crippen LogP contribution in [0.15, 0.2) is 47.4 Å². The highest BCUT2D eigenvalue weighted by molar-refractivity contribution is 7.89. The van der Waals surface area contributed by atoms with Crippen molar-refractivity contribution >= 4 is 33.2 Å². The predicted octanol–water partition coefficient (Wildman–Crippen LogP) is 2.39. The molecule has 2 aromatic carbocycles. The monoisotopic (exact) mass is 473 g/mol. The summed E-state index contributed by atoms with van der Waals surface area (Å²) in [5.41, 5.74) is 1.96. The third-order valence-electron chi connectivity index (χ3n) is 5.68. The summed E-state index contributed by atoms with van der Waals surface area (Å²) < 4.78 is 38.0. The van der Waals surface area contributed by atoms with E-state index in [2.05, 4.69) is 10.6 Å². The zero-order valence-corrected chi connectivity index (χ0v) is 19.2. The zero-order chi connectivity index (χ0) is 23.4. The molecule has 33 heavy (non-hydrogen) atoms. The maximum absolute atomic E-state index is 13.0. The van der Waals surface area contributed by atoms with E-state index in [1.807, 2.05) is 0 Å². The van der Waals surface area contributed by atoms with Gasteiger partial charge in [0.05, 0.1) is 18.1 Å². The van der Waals surface area contributed by atoms with Gasteiger partial charge in [0.2, 0.25) is 10.0 Å². The lowest BCUT2D eigenvalue weighted by atomic mass is 10.1. The van der Waals surface area contributed by atoms with Gasteiger partial charge in [0.1, 0.15) is 6.10 Å². The van der Waals surface area contributed by atoms with E-state index in [0.717, 1.165) is 12.0 Å². The Morgan fingerprint density at radius 1 is 1.03 bits per heavy atom. The molecule has 2 amide bonds. The van der Waals surface area contributed by atoms with Crippen molar-refractivity contribution < 1.29 is 27.5 Å². The fourth-order valence-electron chi connectivity index (χ4n) is 3.77. The fourth-order valence-corrected chi connectivity index (χ4v) is 5.21. The highest BCUT2D eigenvalue weighted by Crippen LogP contribution is 2.25. The van der Waals surface area contributed by atoms with Gasteiger partial charge in [-0.3, -0.25) is 9.59 Å². The van der Waals surface area contributed by atoms with Crippen molar-refractivity contribution in [2.24, 2.45) is 0 Å². The molecule has 1 atom stereocenters. The second-order valence-electron chi connectivity index (χ2n) is 8.02. The molecule has 2 heterocycles. The van der Waals surface area contributed by atoms with Crippen molar-refractivity contribution in [2.75, 3.05) is 43.5 Å². The van der Waals surface area contributed by atoms with Gasteiger partial charge in [-0.1, -0.05) is 12.1 Å². The van der Waals surface area contributed by atoms with Gasteiger partial charge in [-0.05, 0) is 55.7 Å². The number of nitrogens with one attached hydrogen (secondary N) is 2. The minimum Gasteiger partial charge on any atom is -0.379 e. The molecule has 10 heteroatoms. The lowest BCUT2D eigenvalue weighted by Gasteiger charge is -2.26. The van der Waals surface area contributed by atoms with Crippen LogP contribution in [0.25, 0.3) is 0 Å². The number of hydrogen-bond acceptors (Lipinski definition) is 6. The molecule has 2 saturated heterocycles. The van der Waals surface area contributed by atoms with Crippen molar-refractivity contribution in [3.63, 3.8) is 0 Å². The van der Waals surface area contributed by atoms with E-state index in [-0.39, 0.29) is 10.8 Å². The lowest BCUT2D eigenvalue weighted by Crippen LogP contribution is -2.40. The maximum atomic E-state index is 13.0. The van der Waals surface area contributed by atoms with Gasteiger partial charge < -0.3 is 20.1 Å². The standard InChI is InChI=1S/C23H27N3O6S/c1-16-7-8-19(33(29,30)26-9-12-31-13-10-26)15-20(16)25-22(27)17-4-2-5-18(14-17)24-23(28)21-6-3-11-32-21/h2,4-5,7-8,14-15,21H,3,6,9-13H2,1H3,(H,24,28)(H,25,27)/t21-/m1/s1. The molecule has 0 saturated carbocycles. The van der Waals surface area contributed by atoms with E-state index in [0.29, 0.717) is 56.3 Å². The minimum atomic E-state index is -3.69. The van der Waals surface area contributed by atoms with E-state index in [9.17, 15) is 18.0 Å². The Kier molecular flexibility index (Phi) is 7.08. The van der Waals surface area contributed by atoms with Gasteiger partial charge in [-0.25, -0.2) is 8.42 Å². The average Bonchev–Trinajstić information content (AvgIpc) is 3.36. The predicted molar refractivity (Wildman–Crippen MR) is 123 cm³/mol. The molecule has 0 bridgehead atoms. The van der Waals surface area contributed by atoms with Gasteiger partial charge in [0.15, 0.2) is 0 Å². The van der Waals surface area contributed by atoms with Crippen molar-refractivity contribution in [1.29, 1.82) is 0 Å². The van der Waals surface area contributed by atoms with Crippen molar-refractivity contribution in [3.05, 3.63) is 53.6 Å². The Balaban J connectivity index is 1.49. The molecule has 9 nitrogen and oxygen atoms in total. The number of morpholine rings is 1. The Labute approximate surface area is 193 Å². The molecule has 0 unspecified atom stereocenters. The summed E-state index contributed by atoms with van der Waals surface area (Å²) in [5, 5.41) is 5.57. The molecule has 0 radical (unpaired) electrons. The number of carbonyl (C=O) groups is 2. The Morgan fingerprint density at radius 2 is 1.82 bits per heavy atom. The van der Waals surface area contributed by atoms with Crippen LogP contribution >= 0.6 is 0 Å². The van der Waals surface area contributed by atoms with E-state index >= 15 is 0 Å². The first kappa shape index (κ1) is 23.4. The number of amides is 2. The number of anilines is 2. The minimum absolute atomic E-state index is 0.114. The van der Waals surface area contributed by atoms with Crippen LogP contribution in [0.1, 0.15) is 28.8 Å². The van der Waals surface area contributed by atoms with Crippen molar-refractivity contribution in [1.82, 2.24) is 4.31 Å². The summed E-state index contributed by atoms with van der Waals surface area (Å²) in [6.07, 6.45) is 1.05. The van der Waals surface area contributed by atoms with Crippen LogP contribution in [0.3, 0.4) is 0 Å². The van der Waals surface area contributed by atoms with E-state index in [1.165, 1.54) is 16.4 Å². The molecule has 0 aliphatic carbocycles. The second-order valence-corrected chi connectivity index (χ2v) is 9.96. The Bertz CT molecular complexity index is 1140. The average molecular weight is 474 g/mol. The third kappa shape index (κ3) is 5.41. The van der Waals surface area contributed by atoms with E-state index in [1.54, 1.807) is 37.3 Å². The number of carbonyl (C=O) groups excluding carboxylic acids is 2. The van der Waals surface area contributed by atoms with Crippen molar-refractivity contribution in [2.45, 2.75) is 30.8 Å².